The average molecular weight is 402 g/mol. The number of rotatable bonds is 5. The number of carbonyl (C=O) groups is 2. The van der Waals surface area contributed by atoms with Gasteiger partial charge in [0.05, 0.1) is 20.3 Å². The van der Waals surface area contributed by atoms with E-state index in [9.17, 15) is 9.59 Å². The van der Waals surface area contributed by atoms with Gasteiger partial charge in [-0.15, -0.1) is 0 Å². The summed E-state index contributed by atoms with van der Waals surface area (Å²) in [5, 5.41) is 0.576. The monoisotopic (exact) mass is 401 g/mol. The van der Waals surface area contributed by atoms with Gasteiger partial charge in [-0.1, -0.05) is 23.7 Å². The van der Waals surface area contributed by atoms with E-state index in [0.29, 0.717) is 48.4 Å². The first-order chi connectivity index (χ1) is 13.6. The van der Waals surface area contributed by atoms with Gasteiger partial charge in [-0.3, -0.25) is 4.79 Å². The molecule has 1 fully saturated rings. The number of amides is 1. The summed E-state index contributed by atoms with van der Waals surface area (Å²) in [4.78, 5) is 26.1. The Kier molecular flexibility index (Phi) is 6.68. The highest BCUT2D eigenvalue weighted by Crippen LogP contribution is 2.29. The van der Waals surface area contributed by atoms with E-state index >= 15 is 0 Å². The van der Waals surface area contributed by atoms with Gasteiger partial charge >= 0.3 is 6.09 Å². The zero-order chi connectivity index (χ0) is 19.9. The number of morpholine rings is 1. The van der Waals surface area contributed by atoms with E-state index < -0.39 is 6.09 Å². The Hall–Kier alpha value is -2.83. The molecule has 28 heavy (non-hydrogen) atoms. The molecule has 6 nitrogen and oxygen atoms in total. The minimum absolute atomic E-state index is 0.140. The van der Waals surface area contributed by atoms with E-state index in [-0.39, 0.29) is 5.78 Å². The van der Waals surface area contributed by atoms with Crippen LogP contribution in [0.4, 0.5) is 4.79 Å². The van der Waals surface area contributed by atoms with Crippen LogP contribution in [0.1, 0.15) is 15.9 Å². The van der Waals surface area contributed by atoms with Crippen molar-refractivity contribution in [2.24, 2.45) is 0 Å². The van der Waals surface area contributed by atoms with Crippen LogP contribution in [0.2, 0.25) is 5.02 Å². The van der Waals surface area contributed by atoms with E-state index in [1.165, 1.54) is 13.2 Å². The van der Waals surface area contributed by atoms with Crippen molar-refractivity contribution in [1.82, 2.24) is 4.90 Å². The molecule has 1 aliphatic heterocycles. The van der Waals surface area contributed by atoms with Crippen molar-refractivity contribution in [2.75, 3.05) is 33.4 Å². The second-order valence-electron chi connectivity index (χ2n) is 6.08. The fraction of sp³-hybridized carbons (Fsp3) is 0.238. The van der Waals surface area contributed by atoms with Crippen LogP contribution >= 0.6 is 11.6 Å². The van der Waals surface area contributed by atoms with Crippen molar-refractivity contribution < 1.29 is 23.8 Å². The maximum atomic E-state index is 12.2. The number of carbonyl (C=O) groups excluding carboxylic acids is 2. The summed E-state index contributed by atoms with van der Waals surface area (Å²) in [6, 6.07) is 11.8. The Labute approximate surface area is 168 Å². The number of ketones is 1. The first kappa shape index (κ1) is 19.9. The molecular weight excluding hydrogens is 382 g/mol. The molecule has 1 aliphatic rings. The first-order valence-electron chi connectivity index (χ1n) is 8.77. The Morgan fingerprint density at radius 3 is 2.46 bits per heavy atom. The lowest BCUT2D eigenvalue weighted by atomic mass is 10.1. The summed E-state index contributed by atoms with van der Waals surface area (Å²) in [7, 11) is 1.49. The zero-order valence-electron chi connectivity index (χ0n) is 15.4. The SMILES string of the molecule is COc1cc(/C=C/C(=O)c2ccc(Cl)cc2)ccc1OC(=O)N1CCOCC1. The normalized spacial score (nSPS) is 14.1. The molecular formula is C21H20ClNO5. The van der Waals surface area contributed by atoms with Crippen LogP contribution in [0.3, 0.4) is 0 Å². The molecule has 7 heteroatoms. The van der Waals surface area contributed by atoms with E-state index in [1.54, 1.807) is 53.4 Å². The van der Waals surface area contributed by atoms with Crippen LogP contribution in [-0.2, 0) is 4.74 Å². The predicted octanol–water partition coefficient (Wildman–Crippen LogP) is 4.08. The minimum Gasteiger partial charge on any atom is -0.493 e. The maximum Gasteiger partial charge on any atom is 0.415 e. The Morgan fingerprint density at radius 2 is 1.79 bits per heavy atom. The third kappa shape index (κ3) is 5.12. The lowest BCUT2D eigenvalue weighted by Gasteiger charge is -2.26. The van der Waals surface area contributed by atoms with Gasteiger partial charge in [0.15, 0.2) is 17.3 Å². The number of hydrogen-bond donors (Lipinski definition) is 0. The molecule has 0 bridgehead atoms. The molecule has 146 valence electrons. The van der Waals surface area contributed by atoms with E-state index in [1.807, 2.05) is 0 Å². The fourth-order valence-electron chi connectivity index (χ4n) is 2.66. The minimum atomic E-state index is -0.442. The van der Waals surface area contributed by atoms with Crippen LogP contribution in [0.25, 0.3) is 6.08 Å². The van der Waals surface area contributed by atoms with Crippen molar-refractivity contribution in [3.05, 3.63) is 64.7 Å². The van der Waals surface area contributed by atoms with Gasteiger partial charge in [-0.05, 0) is 48.0 Å². The lowest BCUT2D eigenvalue weighted by Crippen LogP contribution is -2.42. The number of halogens is 1. The van der Waals surface area contributed by atoms with Gasteiger partial charge < -0.3 is 19.1 Å². The highest BCUT2D eigenvalue weighted by Gasteiger charge is 2.20. The average Bonchev–Trinajstić information content (AvgIpc) is 2.73. The van der Waals surface area contributed by atoms with Crippen LogP contribution in [-0.4, -0.2) is 50.2 Å². The van der Waals surface area contributed by atoms with Crippen molar-refractivity contribution in [3.8, 4) is 11.5 Å². The number of allylic oxidation sites excluding steroid dienone is 1. The molecule has 1 saturated heterocycles. The molecule has 0 N–H and O–H groups in total. The number of methoxy groups -OCH3 is 1. The van der Waals surface area contributed by atoms with Crippen LogP contribution in [0.15, 0.2) is 48.5 Å². The smallest absolute Gasteiger partial charge is 0.415 e. The molecule has 1 amide bonds. The summed E-state index contributed by atoms with van der Waals surface area (Å²) >= 11 is 5.83. The Morgan fingerprint density at radius 1 is 1.07 bits per heavy atom. The highest BCUT2D eigenvalue weighted by atomic mass is 35.5. The molecule has 3 rings (SSSR count). The second-order valence-corrected chi connectivity index (χ2v) is 6.52. The Bertz CT molecular complexity index is 873. The van der Waals surface area contributed by atoms with Crippen molar-refractivity contribution in [3.63, 3.8) is 0 Å². The molecule has 0 aliphatic carbocycles. The van der Waals surface area contributed by atoms with Gasteiger partial charge in [-0.25, -0.2) is 4.79 Å². The molecule has 0 atom stereocenters. The van der Waals surface area contributed by atoms with Gasteiger partial charge in [0.1, 0.15) is 0 Å². The van der Waals surface area contributed by atoms with E-state index in [0.717, 1.165) is 5.56 Å². The topological polar surface area (TPSA) is 65.1 Å². The molecule has 0 unspecified atom stereocenters. The lowest BCUT2D eigenvalue weighted by molar-refractivity contribution is 0.0413. The molecule has 1 heterocycles. The molecule has 0 radical (unpaired) electrons. The summed E-state index contributed by atoms with van der Waals surface area (Å²) in [5.74, 6) is 0.585. The second kappa shape index (κ2) is 9.39. The predicted molar refractivity (Wildman–Crippen MR) is 106 cm³/mol. The van der Waals surface area contributed by atoms with E-state index in [4.69, 9.17) is 25.8 Å². The van der Waals surface area contributed by atoms with Gasteiger partial charge in [0.25, 0.3) is 0 Å². The van der Waals surface area contributed by atoms with Crippen molar-refractivity contribution in [2.45, 2.75) is 0 Å². The third-order valence-electron chi connectivity index (χ3n) is 4.21. The largest absolute Gasteiger partial charge is 0.493 e. The zero-order valence-corrected chi connectivity index (χ0v) is 16.1. The van der Waals surface area contributed by atoms with Crippen molar-refractivity contribution in [1.29, 1.82) is 0 Å². The molecule has 2 aromatic rings. The van der Waals surface area contributed by atoms with Crippen molar-refractivity contribution >= 4 is 29.6 Å². The van der Waals surface area contributed by atoms with Gasteiger partial charge in [0.2, 0.25) is 0 Å². The summed E-state index contributed by atoms with van der Waals surface area (Å²) in [6.07, 6.45) is 2.70. The third-order valence-corrected chi connectivity index (χ3v) is 4.46. The molecule has 0 spiro atoms. The molecule has 2 aromatic carbocycles. The quantitative estimate of drug-likeness (QED) is 0.558. The fourth-order valence-corrected chi connectivity index (χ4v) is 2.78. The van der Waals surface area contributed by atoms with E-state index in [2.05, 4.69) is 0 Å². The molecule has 0 saturated carbocycles. The van der Waals surface area contributed by atoms with Gasteiger partial charge in [0, 0.05) is 23.7 Å². The number of hydrogen-bond acceptors (Lipinski definition) is 5. The number of ether oxygens (including phenoxy) is 3. The van der Waals surface area contributed by atoms with Crippen LogP contribution in [0, 0.1) is 0 Å². The Balaban J connectivity index is 1.69. The number of nitrogens with zero attached hydrogens (tertiary/aromatic N) is 1. The maximum absolute atomic E-state index is 12.2. The summed E-state index contributed by atoms with van der Waals surface area (Å²) < 4.78 is 16.0. The van der Waals surface area contributed by atoms with Crippen LogP contribution in [0.5, 0.6) is 11.5 Å². The highest BCUT2D eigenvalue weighted by molar-refractivity contribution is 6.30. The first-order valence-corrected chi connectivity index (χ1v) is 9.15. The molecule has 0 aromatic heterocycles. The van der Waals surface area contributed by atoms with Crippen LogP contribution < -0.4 is 9.47 Å². The summed E-state index contributed by atoms with van der Waals surface area (Å²) in [5.41, 5.74) is 1.29. The number of benzene rings is 2. The summed E-state index contributed by atoms with van der Waals surface area (Å²) in [6.45, 7) is 1.98. The standard InChI is InChI=1S/C21H20ClNO5/c1-26-20-14-15(2-8-18(24)16-4-6-17(22)7-5-16)3-9-19(20)28-21(25)23-10-12-27-13-11-23/h2-9,14H,10-13H2,1H3/b8-2+. The van der Waals surface area contributed by atoms with Gasteiger partial charge in [-0.2, -0.15) is 0 Å².